The zero-order valence-electron chi connectivity index (χ0n) is 16.9. The third-order valence-corrected chi connectivity index (χ3v) is 5.18. The van der Waals surface area contributed by atoms with E-state index in [1.165, 1.54) is 60.9 Å². The third-order valence-electron chi connectivity index (χ3n) is 5.18. The molecule has 2 aromatic carbocycles. The molecule has 0 aromatic heterocycles. The predicted octanol–water partition coefficient (Wildman–Crippen LogP) is 7.49. The van der Waals surface area contributed by atoms with Gasteiger partial charge in [0.15, 0.2) is 0 Å². The first kappa shape index (κ1) is 20.3. The highest BCUT2D eigenvalue weighted by atomic mass is 14.9. The largest absolute Gasteiger partial charge is 0.359 e. The Balaban J connectivity index is 1.99. The van der Waals surface area contributed by atoms with E-state index in [1.807, 2.05) is 0 Å². The molecule has 0 aliphatic rings. The fraction of sp³-hybridized carbons (Fsp3) is 0.440. The lowest BCUT2D eigenvalue weighted by Crippen LogP contribution is -2.08. The van der Waals surface area contributed by atoms with E-state index in [2.05, 4.69) is 81.2 Å². The summed E-state index contributed by atoms with van der Waals surface area (Å²) in [5, 5.41) is 3.58. The maximum atomic E-state index is 4.32. The van der Waals surface area contributed by atoms with Crippen molar-refractivity contribution in [1.82, 2.24) is 0 Å². The van der Waals surface area contributed by atoms with E-state index in [0.29, 0.717) is 5.92 Å². The molecule has 0 saturated carbocycles. The van der Waals surface area contributed by atoms with Crippen molar-refractivity contribution >= 4 is 5.69 Å². The van der Waals surface area contributed by atoms with Crippen molar-refractivity contribution in [2.24, 2.45) is 0 Å². The lowest BCUT2D eigenvalue weighted by molar-refractivity contribution is 0.717. The van der Waals surface area contributed by atoms with Gasteiger partial charge in [0.1, 0.15) is 0 Å². The summed E-state index contributed by atoms with van der Waals surface area (Å²) >= 11 is 0. The van der Waals surface area contributed by atoms with Crippen LogP contribution in [0.4, 0.5) is 5.69 Å². The maximum absolute atomic E-state index is 4.32. The van der Waals surface area contributed by atoms with Gasteiger partial charge in [-0.05, 0) is 48.4 Å². The van der Waals surface area contributed by atoms with Crippen LogP contribution in [0, 0.1) is 0 Å². The standard InChI is InChI=1S/C25H35N/c1-5-7-9-12-22-16-18-23(19-17-22)20(3)21(4)26-25-15-11-10-14-24(25)13-8-6-2/h10-11,14-20,26H,4-9,12-13H2,1-3H3. The second kappa shape index (κ2) is 10.9. The number of benzene rings is 2. The number of allylic oxidation sites excluding steroid dienone is 1. The molecule has 0 amide bonds. The fourth-order valence-corrected chi connectivity index (χ4v) is 3.26. The van der Waals surface area contributed by atoms with Crippen molar-refractivity contribution in [2.45, 2.75) is 71.6 Å². The molecule has 0 bridgehead atoms. The monoisotopic (exact) mass is 349 g/mol. The molecule has 140 valence electrons. The van der Waals surface area contributed by atoms with Crippen LogP contribution in [-0.2, 0) is 12.8 Å². The van der Waals surface area contributed by atoms with Gasteiger partial charge >= 0.3 is 0 Å². The van der Waals surface area contributed by atoms with Crippen LogP contribution in [0.1, 0.15) is 75.5 Å². The van der Waals surface area contributed by atoms with Crippen molar-refractivity contribution in [1.29, 1.82) is 0 Å². The van der Waals surface area contributed by atoms with Gasteiger partial charge in [0.2, 0.25) is 0 Å². The number of anilines is 1. The van der Waals surface area contributed by atoms with E-state index in [1.54, 1.807) is 0 Å². The molecule has 1 nitrogen and oxygen atoms in total. The average molecular weight is 350 g/mol. The van der Waals surface area contributed by atoms with Crippen LogP contribution < -0.4 is 5.32 Å². The Morgan fingerprint density at radius 1 is 0.885 bits per heavy atom. The van der Waals surface area contributed by atoms with Gasteiger partial charge in [0, 0.05) is 17.3 Å². The van der Waals surface area contributed by atoms with Crippen LogP contribution >= 0.6 is 0 Å². The lowest BCUT2D eigenvalue weighted by Gasteiger charge is -2.20. The van der Waals surface area contributed by atoms with E-state index >= 15 is 0 Å². The van der Waals surface area contributed by atoms with Gasteiger partial charge in [-0.3, -0.25) is 0 Å². The quantitative estimate of drug-likeness (QED) is 0.414. The number of para-hydroxylation sites is 1. The molecule has 1 unspecified atom stereocenters. The topological polar surface area (TPSA) is 12.0 Å². The predicted molar refractivity (Wildman–Crippen MR) is 116 cm³/mol. The molecule has 0 saturated heterocycles. The van der Waals surface area contributed by atoms with Crippen LogP contribution in [0.3, 0.4) is 0 Å². The molecule has 0 heterocycles. The molecule has 1 heteroatoms. The van der Waals surface area contributed by atoms with Crippen LogP contribution in [0.15, 0.2) is 60.8 Å². The van der Waals surface area contributed by atoms with Crippen LogP contribution in [-0.4, -0.2) is 0 Å². The van der Waals surface area contributed by atoms with Crippen LogP contribution in [0.25, 0.3) is 0 Å². The first-order chi connectivity index (χ1) is 12.7. The highest BCUT2D eigenvalue weighted by molar-refractivity contribution is 5.56. The van der Waals surface area contributed by atoms with Crippen molar-refractivity contribution in [2.75, 3.05) is 5.32 Å². The molecule has 1 N–H and O–H groups in total. The second-order valence-electron chi connectivity index (χ2n) is 7.33. The highest BCUT2D eigenvalue weighted by Gasteiger charge is 2.11. The number of unbranched alkanes of at least 4 members (excludes halogenated alkanes) is 3. The van der Waals surface area contributed by atoms with Crippen LogP contribution in [0.5, 0.6) is 0 Å². The zero-order chi connectivity index (χ0) is 18.8. The summed E-state index contributed by atoms with van der Waals surface area (Å²) in [7, 11) is 0. The fourth-order valence-electron chi connectivity index (χ4n) is 3.26. The lowest BCUT2D eigenvalue weighted by atomic mass is 9.95. The number of hydrogen-bond donors (Lipinski definition) is 1. The molecule has 0 radical (unpaired) electrons. The number of rotatable bonds is 11. The van der Waals surface area contributed by atoms with Gasteiger partial charge in [-0.15, -0.1) is 0 Å². The number of hydrogen-bond acceptors (Lipinski definition) is 1. The Labute approximate surface area is 160 Å². The molecule has 1 atom stereocenters. The molecule has 2 aromatic rings. The Kier molecular flexibility index (Phi) is 8.47. The third kappa shape index (κ3) is 6.05. The minimum atomic E-state index is 0.291. The second-order valence-corrected chi connectivity index (χ2v) is 7.33. The van der Waals surface area contributed by atoms with E-state index in [4.69, 9.17) is 0 Å². The first-order valence-electron chi connectivity index (χ1n) is 10.3. The Morgan fingerprint density at radius 2 is 1.58 bits per heavy atom. The van der Waals surface area contributed by atoms with Gasteiger partial charge in [-0.1, -0.05) is 89.1 Å². The zero-order valence-corrected chi connectivity index (χ0v) is 16.9. The smallest absolute Gasteiger partial charge is 0.0414 e. The Bertz CT molecular complexity index is 669. The van der Waals surface area contributed by atoms with Gasteiger partial charge < -0.3 is 5.32 Å². The summed E-state index contributed by atoms with van der Waals surface area (Å²) in [5.41, 5.74) is 6.42. The normalized spacial score (nSPS) is 12.0. The number of nitrogens with one attached hydrogen (secondary N) is 1. The van der Waals surface area contributed by atoms with E-state index < -0.39 is 0 Å². The molecule has 0 aliphatic heterocycles. The number of aryl methyl sites for hydroxylation is 2. The van der Waals surface area contributed by atoms with E-state index in [-0.39, 0.29) is 0 Å². The molecule has 26 heavy (non-hydrogen) atoms. The first-order valence-corrected chi connectivity index (χ1v) is 10.3. The summed E-state index contributed by atoms with van der Waals surface area (Å²) in [6, 6.07) is 17.7. The SMILES string of the molecule is C=C(Nc1ccccc1CCCC)C(C)c1ccc(CCCCC)cc1. The Morgan fingerprint density at radius 3 is 2.27 bits per heavy atom. The maximum Gasteiger partial charge on any atom is 0.0414 e. The van der Waals surface area contributed by atoms with Crippen molar-refractivity contribution in [3.63, 3.8) is 0 Å². The summed E-state index contributed by atoms with van der Waals surface area (Å²) in [4.78, 5) is 0. The minimum Gasteiger partial charge on any atom is -0.359 e. The molecule has 0 fully saturated rings. The molecular weight excluding hydrogens is 314 g/mol. The van der Waals surface area contributed by atoms with Gasteiger partial charge in [0.05, 0.1) is 0 Å². The van der Waals surface area contributed by atoms with Crippen molar-refractivity contribution in [3.8, 4) is 0 Å². The minimum absolute atomic E-state index is 0.291. The van der Waals surface area contributed by atoms with Gasteiger partial charge in [0.25, 0.3) is 0 Å². The Hall–Kier alpha value is -2.02. The highest BCUT2D eigenvalue weighted by Crippen LogP contribution is 2.27. The molecule has 2 rings (SSSR count). The summed E-state index contributed by atoms with van der Waals surface area (Å²) in [5.74, 6) is 0.291. The van der Waals surface area contributed by atoms with Gasteiger partial charge in [-0.25, -0.2) is 0 Å². The van der Waals surface area contributed by atoms with E-state index in [0.717, 1.165) is 12.1 Å². The average Bonchev–Trinajstić information content (AvgIpc) is 2.67. The van der Waals surface area contributed by atoms with Crippen molar-refractivity contribution in [3.05, 3.63) is 77.5 Å². The van der Waals surface area contributed by atoms with Crippen LogP contribution in [0.2, 0.25) is 0 Å². The van der Waals surface area contributed by atoms with Gasteiger partial charge in [-0.2, -0.15) is 0 Å². The van der Waals surface area contributed by atoms with Crippen molar-refractivity contribution < 1.29 is 0 Å². The summed E-state index contributed by atoms with van der Waals surface area (Å²) < 4.78 is 0. The molecular formula is C25H35N. The summed E-state index contributed by atoms with van der Waals surface area (Å²) in [6.07, 6.45) is 8.63. The summed E-state index contributed by atoms with van der Waals surface area (Å²) in [6.45, 7) is 11.0. The molecule has 0 aliphatic carbocycles. The molecule has 0 spiro atoms. The van der Waals surface area contributed by atoms with E-state index in [9.17, 15) is 0 Å².